The molecule has 0 aromatic rings. The van der Waals surface area contributed by atoms with Crippen molar-refractivity contribution in [3.63, 3.8) is 0 Å². The van der Waals surface area contributed by atoms with Gasteiger partial charge in [-0.3, -0.25) is 9.59 Å². The van der Waals surface area contributed by atoms with Crippen LogP contribution in [0.25, 0.3) is 0 Å². The van der Waals surface area contributed by atoms with Crippen molar-refractivity contribution >= 4 is 11.9 Å². The van der Waals surface area contributed by atoms with Crippen molar-refractivity contribution in [3.05, 3.63) is 0 Å². The molecule has 0 bridgehead atoms. The van der Waals surface area contributed by atoms with Gasteiger partial charge < -0.3 is 15.3 Å². The zero-order valence-corrected chi connectivity index (χ0v) is 7.62. The first-order chi connectivity index (χ1) is 6.15. The molecular weight excluding hydrogens is 172 g/mol. The lowest BCUT2D eigenvalue weighted by Crippen LogP contribution is -2.46. The molecule has 0 radical (unpaired) electrons. The zero-order chi connectivity index (χ0) is 9.84. The number of amides is 1. The van der Waals surface area contributed by atoms with Gasteiger partial charge in [0.2, 0.25) is 5.91 Å². The van der Waals surface area contributed by atoms with E-state index in [4.69, 9.17) is 5.11 Å². The van der Waals surface area contributed by atoms with Crippen LogP contribution < -0.4 is 5.32 Å². The van der Waals surface area contributed by atoms with Crippen LogP contribution in [0.15, 0.2) is 0 Å². The molecule has 0 saturated carbocycles. The van der Waals surface area contributed by atoms with Gasteiger partial charge in [-0.25, -0.2) is 0 Å². The summed E-state index contributed by atoms with van der Waals surface area (Å²) in [5.74, 6) is -1.05. The van der Waals surface area contributed by atoms with E-state index in [2.05, 4.69) is 5.32 Å². The maximum atomic E-state index is 11.3. The Morgan fingerprint density at radius 1 is 1.54 bits per heavy atom. The molecule has 5 heteroatoms. The molecular formula is C8H14N2O3. The first-order valence-corrected chi connectivity index (χ1v) is 4.33. The lowest BCUT2D eigenvalue weighted by molar-refractivity contribution is -0.144. The third kappa shape index (κ3) is 2.42. The summed E-state index contributed by atoms with van der Waals surface area (Å²) >= 11 is 0. The fourth-order valence-electron chi connectivity index (χ4n) is 1.18. The number of likely N-dealkylation sites (tertiary alicyclic amines) is 1. The van der Waals surface area contributed by atoms with E-state index >= 15 is 0 Å². The SMILES string of the molecule is CN[C@@H](CC(=O)N1CCC1)C(=O)O. The van der Waals surface area contributed by atoms with Gasteiger partial charge in [0.25, 0.3) is 0 Å². The molecule has 74 valence electrons. The minimum atomic E-state index is -0.976. The second-order valence-electron chi connectivity index (χ2n) is 3.12. The number of likely N-dealkylation sites (N-methyl/N-ethyl adjacent to an activating group) is 1. The molecule has 0 unspecified atom stereocenters. The van der Waals surface area contributed by atoms with Crippen LogP contribution in [0, 0.1) is 0 Å². The van der Waals surface area contributed by atoms with E-state index in [1.807, 2.05) is 0 Å². The Kier molecular flexibility index (Phi) is 3.25. The molecule has 1 aliphatic rings. The molecule has 2 N–H and O–H groups in total. The van der Waals surface area contributed by atoms with Crippen molar-refractivity contribution in [1.82, 2.24) is 10.2 Å². The average Bonchev–Trinajstić information content (AvgIpc) is 1.96. The smallest absolute Gasteiger partial charge is 0.321 e. The minimum Gasteiger partial charge on any atom is -0.480 e. The predicted octanol–water partition coefficient (Wildman–Crippen LogP) is -0.719. The summed E-state index contributed by atoms with van der Waals surface area (Å²) in [4.78, 5) is 23.6. The van der Waals surface area contributed by atoms with Crippen LogP contribution in [-0.2, 0) is 9.59 Å². The highest BCUT2D eigenvalue weighted by molar-refractivity contribution is 5.84. The molecule has 1 atom stereocenters. The summed E-state index contributed by atoms with van der Waals surface area (Å²) in [5.41, 5.74) is 0. The monoisotopic (exact) mass is 186 g/mol. The van der Waals surface area contributed by atoms with Gasteiger partial charge >= 0.3 is 5.97 Å². The number of carboxylic acids is 1. The number of hydrogen-bond donors (Lipinski definition) is 2. The molecule has 1 amide bonds. The number of carboxylic acid groups (broad SMARTS) is 1. The fourth-order valence-corrected chi connectivity index (χ4v) is 1.18. The quantitative estimate of drug-likeness (QED) is 0.608. The number of aliphatic carboxylic acids is 1. The first-order valence-electron chi connectivity index (χ1n) is 4.33. The first kappa shape index (κ1) is 9.98. The van der Waals surface area contributed by atoms with Crippen LogP contribution in [0.5, 0.6) is 0 Å². The van der Waals surface area contributed by atoms with Gasteiger partial charge in [0.05, 0.1) is 6.42 Å². The number of hydrogen-bond acceptors (Lipinski definition) is 3. The number of carbonyl (C=O) groups excluding carboxylic acids is 1. The maximum Gasteiger partial charge on any atom is 0.321 e. The van der Waals surface area contributed by atoms with Crippen LogP contribution in [0.3, 0.4) is 0 Å². The van der Waals surface area contributed by atoms with E-state index < -0.39 is 12.0 Å². The number of nitrogens with one attached hydrogen (secondary N) is 1. The van der Waals surface area contributed by atoms with E-state index in [-0.39, 0.29) is 12.3 Å². The van der Waals surface area contributed by atoms with Crippen LogP contribution in [0.4, 0.5) is 0 Å². The average molecular weight is 186 g/mol. The van der Waals surface area contributed by atoms with Crippen molar-refractivity contribution in [2.24, 2.45) is 0 Å². The van der Waals surface area contributed by atoms with E-state index in [1.165, 1.54) is 0 Å². The van der Waals surface area contributed by atoms with Crippen molar-refractivity contribution in [3.8, 4) is 0 Å². The van der Waals surface area contributed by atoms with E-state index in [1.54, 1.807) is 11.9 Å². The number of rotatable bonds is 4. The second kappa shape index (κ2) is 4.23. The topological polar surface area (TPSA) is 69.6 Å². The van der Waals surface area contributed by atoms with Gasteiger partial charge in [0, 0.05) is 13.1 Å². The van der Waals surface area contributed by atoms with E-state index in [0.29, 0.717) is 0 Å². The van der Waals surface area contributed by atoms with Crippen molar-refractivity contribution in [1.29, 1.82) is 0 Å². The molecule has 1 fully saturated rings. The highest BCUT2D eigenvalue weighted by Gasteiger charge is 2.25. The Hall–Kier alpha value is -1.10. The van der Waals surface area contributed by atoms with Gasteiger partial charge in [0.1, 0.15) is 6.04 Å². The van der Waals surface area contributed by atoms with Crippen LogP contribution in [0.1, 0.15) is 12.8 Å². The third-order valence-electron chi connectivity index (χ3n) is 2.23. The van der Waals surface area contributed by atoms with E-state index in [9.17, 15) is 9.59 Å². The Bertz CT molecular complexity index is 213. The van der Waals surface area contributed by atoms with Crippen LogP contribution >= 0.6 is 0 Å². The number of carbonyl (C=O) groups is 2. The lowest BCUT2D eigenvalue weighted by Gasteiger charge is -2.31. The van der Waals surface area contributed by atoms with Gasteiger partial charge in [-0.1, -0.05) is 0 Å². The van der Waals surface area contributed by atoms with Crippen molar-refractivity contribution < 1.29 is 14.7 Å². The molecule has 0 aliphatic carbocycles. The largest absolute Gasteiger partial charge is 0.480 e. The van der Waals surface area contributed by atoms with Gasteiger partial charge in [-0.2, -0.15) is 0 Å². The second-order valence-corrected chi connectivity index (χ2v) is 3.12. The van der Waals surface area contributed by atoms with Gasteiger partial charge in [-0.05, 0) is 13.5 Å². The minimum absolute atomic E-state index is 0.0475. The molecule has 1 rings (SSSR count). The summed E-state index contributed by atoms with van der Waals surface area (Å²) in [7, 11) is 1.54. The Labute approximate surface area is 76.7 Å². The van der Waals surface area contributed by atoms with Crippen molar-refractivity contribution in [2.75, 3.05) is 20.1 Å². The van der Waals surface area contributed by atoms with Gasteiger partial charge in [-0.15, -0.1) is 0 Å². The number of nitrogens with zero attached hydrogens (tertiary/aromatic N) is 1. The Morgan fingerprint density at radius 2 is 2.15 bits per heavy atom. The highest BCUT2D eigenvalue weighted by atomic mass is 16.4. The molecule has 0 aromatic heterocycles. The third-order valence-corrected chi connectivity index (χ3v) is 2.23. The summed E-state index contributed by atoms with van der Waals surface area (Å²) < 4.78 is 0. The Morgan fingerprint density at radius 3 is 2.46 bits per heavy atom. The Balaban J connectivity index is 2.36. The van der Waals surface area contributed by atoms with Crippen molar-refractivity contribution in [2.45, 2.75) is 18.9 Å². The van der Waals surface area contributed by atoms with E-state index in [0.717, 1.165) is 19.5 Å². The van der Waals surface area contributed by atoms with Crippen LogP contribution in [0.2, 0.25) is 0 Å². The molecule has 0 aromatic carbocycles. The summed E-state index contributed by atoms with van der Waals surface area (Å²) in [6, 6.07) is -0.756. The lowest BCUT2D eigenvalue weighted by atomic mass is 10.1. The fraction of sp³-hybridized carbons (Fsp3) is 0.750. The van der Waals surface area contributed by atoms with Crippen LogP contribution in [-0.4, -0.2) is 48.1 Å². The summed E-state index contributed by atoms with van der Waals surface area (Å²) in [6.45, 7) is 1.55. The molecule has 5 nitrogen and oxygen atoms in total. The normalized spacial score (nSPS) is 17.8. The molecule has 13 heavy (non-hydrogen) atoms. The molecule has 0 spiro atoms. The molecule has 1 aliphatic heterocycles. The molecule has 1 heterocycles. The molecule has 1 saturated heterocycles. The summed E-state index contributed by atoms with van der Waals surface area (Å²) in [6.07, 6.45) is 1.08. The predicted molar refractivity (Wildman–Crippen MR) is 46.3 cm³/mol. The standard InChI is InChI=1S/C8H14N2O3/c1-9-6(8(12)13)5-7(11)10-3-2-4-10/h6,9H,2-5H2,1H3,(H,12,13)/t6-/m0/s1. The highest BCUT2D eigenvalue weighted by Crippen LogP contribution is 2.08. The van der Waals surface area contributed by atoms with Gasteiger partial charge in [0.15, 0.2) is 0 Å². The summed E-state index contributed by atoms with van der Waals surface area (Å²) in [5, 5.41) is 11.2. The zero-order valence-electron chi connectivity index (χ0n) is 7.62. The maximum absolute atomic E-state index is 11.3.